The maximum atomic E-state index is 12.6. The third kappa shape index (κ3) is 4.01. The van der Waals surface area contributed by atoms with Crippen LogP contribution in [0, 0.1) is 10.1 Å². The Morgan fingerprint density at radius 1 is 1.33 bits per heavy atom. The van der Waals surface area contributed by atoms with Crippen molar-refractivity contribution in [2.24, 2.45) is 0 Å². The molecule has 9 heteroatoms. The number of hydrogen-bond acceptors (Lipinski definition) is 5. The van der Waals surface area contributed by atoms with Crippen molar-refractivity contribution in [3.8, 4) is 5.75 Å². The first kappa shape index (κ1) is 18.7. The standard InChI is InChI=1S/C18H16ClN3O5/c1-20(9-12-4-2-3-5-14(12)19)17(23)10-21-15-8-13(22(25)26)6-7-16(15)27-11-18(21)24/h2-8H,9-11H2,1H3. The average Bonchev–Trinajstić information content (AvgIpc) is 2.65. The first-order valence-electron chi connectivity index (χ1n) is 8.06. The van der Waals surface area contributed by atoms with E-state index >= 15 is 0 Å². The van der Waals surface area contributed by atoms with Crippen LogP contribution in [-0.2, 0) is 16.1 Å². The summed E-state index contributed by atoms with van der Waals surface area (Å²) in [6, 6.07) is 11.1. The molecule has 1 heterocycles. The van der Waals surface area contributed by atoms with Gasteiger partial charge in [0.2, 0.25) is 5.91 Å². The third-order valence-electron chi connectivity index (χ3n) is 4.18. The lowest BCUT2D eigenvalue weighted by Crippen LogP contribution is -2.45. The van der Waals surface area contributed by atoms with E-state index in [-0.39, 0.29) is 37.0 Å². The number of benzene rings is 2. The number of nitro groups is 1. The van der Waals surface area contributed by atoms with Gasteiger partial charge in [0.1, 0.15) is 12.3 Å². The molecular weight excluding hydrogens is 374 g/mol. The minimum atomic E-state index is -0.567. The van der Waals surface area contributed by atoms with Crippen LogP contribution < -0.4 is 9.64 Å². The highest BCUT2D eigenvalue weighted by molar-refractivity contribution is 6.31. The van der Waals surface area contributed by atoms with E-state index in [1.165, 1.54) is 28.0 Å². The van der Waals surface area contributed by atoms with Crippen molar-refractivity contribution >= 4 is 34.8 Å². The van der Waals surface area contributed by atoms with Gasteiger partial charge in [-0.25, -0.2) is 0 Å². The summed E-state index contributed by atoms with van der Waals surface area (Å²) in [5.41, 5.74) is 0.799. The SMILES string of the molecule is CN(Cc1ccccc1Cl)C(=O)CN1C(=O)COc2ccc([N+](=O)[O-])cc21. The molecule has 0 fully saturated rings. The van der Waals surface area contributed by atoms with E-state index in [1.807, 2.05) is 12.1 Å². The summed E-state index contributed by atoms with van der Waals surface area (Å²) in [7, 11) is 1.60. The normalized spacial score (nSPS) is 13.0. The lowest BCUT2D eigenvalue weighted by molar-refractivity contribution is -0.384. The van der Waals surface area contributed by atoms with Crippen molar-refractivity contribution < 1.29 is 19.2 Å². The van der Waals surface area contributed by atoms with Gasteiger partial charge in [0.15, 0.2) is 6.61 Å². The van der Waals surface area contributed by atoms with Gasteiger partial charge in [-0.15, -0.1) is 0 Å². The molecule has 1 aliphatic rings. The molecule has 0 aliphatic carbocycles. The summed E-state index contributed by atoms with van der Waals surface area (Å²) in [6.07, 6.45) is 0. The van der Waals surface area contributed by atoms with E-state index in [0.29, 0.717) is 10.8 Å². The zero-order valence-corrected chi connectivity index (χ0v) is 15.2. The number of rotatable bonds is 5. The van der Waals surface area contributed by atoms with Crippen LogP contribution in [0.4, 0.5) is 11.4 Å². The highest BCUT2D eigenvalue weighted by Crippen LogP contribution is 2.35. The molecule has 0 atom stereocenters. The molecule has 140 valence electrons. The summed E-state index contributed by atoms with van der Waals surface area (Å²) < 4.78 is 5.30. The second-order valence-corrected chi connectivity index (χ2v) is 6.43. The first-order chi connectivity index (χ1) is 12.9. The van der Waals surface area contributed by atoms with Crippen molar-refractivity contribution in [1.82, 2.24) is 4.90 Å². The van der Waals surface area contributed by atoms with Gasteiger partial charge in [-0.1, -0.05) is 29.8 Å². The van der Waals surface area contributed by atoms with E-state index in [0.717, 1.165) is 5.56 Å². The Bertz CT molecular complexity index is 918. The number of non-ortho nitro benzene ring substituents is 1. The first-order valence-corrected chi connectivity index (χ1v) is 8.43. The molecular formula is C18H16ClN3O5. The Hall–Kier alpha value is -3.13. The summed E-state index contributed by atoms with van der Waals surface area (Å²) >= 11 is 6.12. The Kier molecular flexibility index (Phi) is 5.27. The van der Waals surface area contributed by atoms with Crippen LogP contribution in [0.25, 0.3) is 0 Å². The summed E-state index contributed by atoms with van der Waals surface area (Å²) in [6.45, 7) is -0.206. The highest BCUT2D eigenvalue weighted by atomic mass is 35.5. The molecule has 0 N–H and O–H groups in total. The maximum absolute atomic E-state index is 12.6. The molecule has 1 aliphatic heterocycles. The Morgan fingerprint density at radius 2 is 2.07 bits per heavy atom. The fourth-order valence-electron chi connectivity index (χ4n) is 2.70. The van der Waals surface area contributed by atoms with Gasteiger partial charge in [0.05, 0.1) is 10.6 Å². The molecule has 0 saturated heterocycles. The second-order valence-electron chi connectivity index (χ2n) is 6.02. The van der Waals surface area contributed by atoms with Gasteiger partial charge in [0, 0.05) is 30.7 Å². The van der Waals surface area contributed by atoms with Crippen LogP contribution in [0.15, 0.2) is 42.5 Å². The molecule has 2 aromatic rings. The fourth-order valence-corrected chi connectivity index (χ4v) is 2.90. The summed E-state index contributed by atoms with van der Waals surface area (Å²) in [5, 5.41) is 11.6. The predicted molar refractivity (Wildman–Crippen MR) is 98.9 cm³/mol. The Balaban J connectivity index is 1.79. The van der Waals surface area contributed by atoms with E-state index in [2.05, 4.69) is 0 Å². The van der Waals surface area contributed by atoms with Crippen LogP contribution in [0.3, 0.4) is 0 Å². The van der Waals surface area contributed by atoms with Crippen molar-refractivity contribution in [2.45, 2.75) is 6.54 Å². The lowest BCUT2D eigenvalue weighted by Gasteiger charge is -2.30. The number of hydrogen-bond donors (Lipinski definition) is 0. The van der Waals surface area contributed by atoms with E-state index < -0.39 is 10.8 Å². The highest BCUT2D eigenvalue weighted by Gasteiger charge is 2.30. The number of likely N-dealkylation sites (N-methyl/N-ethyl adjacent to an activating group) is 1. The summed E-state index contributed by atoms with van der Waals surface area (Å²) in [5.74, 6) is -0.452. The van der Waals surface area contributed by atoms with Crippen molar-refractivity contribution in [3.63, 3.8) is 0 Å². The number of anilines is 1. The molecule has 2 amide bonds. The van der Waals surface area contributed by atoms with E-state index in [1.54, 1.807) is 19.2 Å². The minimum absolute atomic E-state index is 0.186. The molecule has 0 saturated carbocycles. The molecule has 3 rings (SSSR count). The zero-order valence-electron chi connectivity index (χ0n) is 14.4. The number of nitrogens with zero attached hydrogens (tertiary/aromatic N) is 3. The predicted octanol–water partition coefficient (Wildman–Crippen LogP) is 2.63. The number of carbonyl (C=O) groups excluding carboxylic acids is 2. The van der Waals surface area contributed by atoms with Gasteiger partial charge >= 0.3 is 0 Å². The van der Waals surface area contributed by atoms with Crippen LogP contribution >= 0.6 is 11.6 Å². The molecule has 0 unspecified atom stereocenters. The fraction of sp³-hybridized carbons (Fsp3) is 0.222. The number of ether oxygens (including phenoxy) is 1. The zero-order chi connectivity index (χ0) is 19.6. The molecule has 0 bridgehead atoms. The van der Waals surface area contributed by atoms with Gasteiger partial charge in [-0.05, 0) is 17.7 Å². The quantitative estimate of drug-likeness (QED) is 0.579. The second kappa shape index (κ2) is 7.63. The molecule has 2 aromatic carbocycles. The van der Waals surface area contributed by atoms with Crippen LogP contribution in [0.2, 0.25) is 5.02 Å². The van der Waals surface area contributed by atoms with Gasteiger partial charge < -0.3 is 9.64 Å². The Labute approximate surface area is 160 Å². The van der Waals surface area contributed by atoms with Crippen LogP contribution in [0.1, 0.15) is 5.56 Å². The van der Waals surface area contributed by atoms with Gasteiger partial charge in [-0.3, -0.25) is 24.6 Å². The van der Waals surface area contributed by atoms with Crippen molar-refractivity contribution in [3.05, 3.63) is 63.2 Å². The largest absolute Gasteiger partial charge is 0.482 e. The summed E-state index contributed by atoms with van der Waals surface area (Å²) in [4.78, 5) is 38.0. The van der Waals surface area contributed by atoms with Gasteiger partial charge in [0.25, 0.3) is 11.6 Å². The number of halogens is 1. The van der Waals surface area contributed by atoms with Crippen molar-refractivity contribution in [1.29, 1.82) is 0 Å². The number of amides is 2. The van der Waals surface area contributed by atoms with Crippen molar-refractivity contribution in [2.75, 3.05) is 25.1 Å². The van der Waals surface area contributed by atoms with Crippen LogP contribution in [-0.4, -0.2) is 41.8 Å². The van der Waals surface area contributed by atoms with Crippen LogP contribution in [0.5, 0.6) is 5.75 Å². The Morgan fingerprint density at radius 3 is 2.78 bits per heavy atom. The van der Waals surface area contributed by atoms with Gasteiger partial charge in [-0.2, -0.15) is 0 Å². The minimum Gasteiger partial charge on any atom is -0.482 e. The monoisotopic (exact) mass is 389 g/mol. The third-order valence-corrected chi connectivity index (χ3v) is 4.55. The molecule has 0 spiro atoms. The molecule has 27 heavy (non-hydrogen) atoms. The lowest BCUT2D eigenvalue weighted by atomic mass is 10.2. The molecule has 8 nitrogen and oxygen atoms in total. The molecule has 0 radical (unpaired) electrons. The smallest absolute Gasteiger partial charge is 0.271 e. The topological polar surface area (TPSA) is 93.0 Å². The average molecular weight is 390 g/mol. The van der Waals surface area contributed by atoms with E-state index in [4.69, 9.17) is 16.3 Å². The maximum Gasteiger partial charge on any atom is 0.271 e. The number of carbonyl (C=O) groups is 2. The number of nitro benzene ring substituents is 1. The number of fused-ring (bicyclic) bond motifs is 1. The van der Waals surface area contributed by atoms with E-state index in [9.17, 15) is 19.7 Å². The molecule has 0 aromatic heterocycles.